The first kappa shape index (κ1) is 35.1. The molecule has 0 spiro atoms. The first-order valence-corrected chi connectivity index (χ1v) is 16.8. The molecule has 2 heterocycles. The summed E-state index contributed by atoms with van der Waals surface area (Å²) in [6, 6.07) is 2.76. The van der Waals surface area contributed by atoms with Crippen molar-refractivity contribution in [3.8, 4) is 0 Å². The van der Waals surface area contributed by atoms with E-state index in [0.29, 0.717) is 43.5 Å². The normalized spacial score (nSPS) is 21.6. The highest BCUT2D eigenvalue weighted by atomic mass is 35.5. The zero-order valence-corrected chi connectivity index (χ0v) is 27.3. The van der Waals surface area contributed by atoms with E-state index >= 15 is 0 Å². The van der Waals surface area contributed by atoms with E-state index < -0.39 is 56.9 Å². The fraction of sp³-hybridized carbons (Fsp3) is 0.517. The number of fused-ring (bicyclic) bond motifs is 1. The molecule has 1 aromatic carbocycles. The minimum absolute atomic E-state index is 0.0150. The second-order valence-corrected chi connectivity index (χ2v) is 14.5. The Morgan fingerprint density at radius 3 is 2.56 bits per heavy atom. The van der Waals surface area contributed by atoms with Crippen molar-refractivity contribution in [3.05, 3.63) is 51.6 Å². The van der Waals surface area contributed by atoms with Crippen molar-refractivity contribution in [1.82, 2.24) is 20.0 Å². The fourth-order valence-corrected chi connectivity index (χ4v) is 7.16. The number of hydrogen-bond acceptors (Lipinski definition) is 7. The van der Waals surface area contributed by atoms with Gasteiger partial charge in [0.25, 0.3) is 5.91 Å². The summed E-state index contributed by atoms with van der Waals surface area (Å²) in [5.74, 6) is -1.96. The number of allylic oxidation sites excluding steroid dienone is 2. The Hall–Kier alpha value is -2.78. The lowest BCUT2D eigenvalue weighted by atomic mass is 9.87. The third-order valence-corrected chi connectivity index (χ3v) is 10.4. The molecule has 1 unspecified atom stereocenters. The van der Waals surface area contributed by atoms with Crippen molar-refractivity contribution in [2.75, 3.05) is 52.6 Å². The van der Waals surface area contributed by atoms with Crippen LogP contribution in [0.25, 0.3) is 0 Å². The molecular formula is C29H34Cl2F3N5O5S. The maximum absolute atomic E-state index is 14.4. The minimum atomic E-state index is -4.90. The fourth-order valence-electron chi connectivity index (χ4n) is 5.50. The summed E-state index contributed by atoms with van der Waals surface area (Å²) >= 11 is 12.6. The van der Waals surface area contributed by atoms with Gasteiger partial charge >= 0.3 is 12.2 Å². The Morgan fingerprint density at radius 1 is 1.20 bits per heavy atom. The van der Waals surface area contributed by atoms with Gasteiger partial charge in [-0.15, -0.1) is 11.6 Å². The topological polar surface area (TPSA) is 119 Å². The smallest absolute Gasteiger partial charge is 0.355 e. The van der Waals surface area contributed by atoms with Crippen LogP contribution in [0.3, 0.4) is 0 Å². The molecule has 0 aromatic heterocycles. The number of benzene rings is 1. The predicted molar refractivity (Wildman–Crippen MR) is 164 cm³/mol. The third kappa shape index (κ3) is 7.97. The molecule has 1 aromatic rings. The van der Waals surface area contributed by atoms with Crippen LogP contribution in [0.5, 0.6) is 0 Å². The van der Waals surface area contributed by atoms with Crippen LogP contribution >= 0.6 is 23.2 Å². The van der Waals surface area contributed by atoms with Crippen molar-refractivity contribution >= 4 is 56.6 Å². The van der Waals surface area contributed by atoms with Gasteiger partial charge in [-0.3, -0.25) is 19.4 Å². The number of rotatable bonds is 10. The average molecular weight is 693 g/mol. The SMILES string of the molecule is CCS(=O)(=O)c1ccc(Cl)cc1CN1C(=O)N=C2C(=CC(C(F)(F)F)=C(CN3CCC[C@@H](C(=O)NCCN(C)C)C3)C2Cl)C1=O. The Labute approximate surface area is 269 Å². The van der Waals surface area contributed by atoms with E-state index in [2.05, 4.69) is 10.3 Å². The van der Waals surface area contributed by atoms with Crippen LogP contribution in [0.4, 0.5) is 18.0 Å². The number of halogens is 5. The van der Waals surface area contributed by atoms with Crippen LogP contribution in [-0.2, 0) is 26.0 Å². The molecule has 4 amide bonds. The van der Waals surface area contributed by atoms with E-state index in [0.717, 1.165) is 0 Å². The summed E-state index contributed by atoms with van der Waals surface area (Å²) in [7, 11) is -0.0528. The van der Waals surface area contributed by atoms with E-state index in [4.69, 9.17) is 23.2 Å². The highest BCUT2D eigenvalue weighted by molar-refractivity contribution is 7.91. The summed E-state index contributed by atoms with van der Waals surface area (Å²) in [5.41, 5.74) is -2.21. The van der Waals surface area contributed by atoms with Gasteiger partial charge in [0.05, 0.1) is 45.3 Å². The molecule has 0 bridgehead atoms. The molecular weight excluding hydrogens is 658 g/mol. The van der Waals surface area contributed by atoms with Crippen LogP contribution < -0.4 is 5.32 Å². The number of aliphatic imine (C=N–C) groups is 1. The Morgan fingerprint density at radius 2 is 1.91 bits per heavy atom. The van der Waals surface area contributed by atoms with Gasteiger partial charge in [-0.1, -0.05) is 18.5 Å². The molecule has 10 nitrogen and oxygen atoms in total. The van der Waals surface area contributed by atoms with Crippen molar-refractivity contribution in [3.63, 3.8) is 0 Å². The highest BCUT2D eigenvalue weighted by Gasteiger charge is 2.46. The lowest BCUT2D eigenvalue weighted by molar-refractivity contribution is -0.127. The highest BCUT2D eigenvalue weighted by Crippen LogP contribution is 2.40. The molecule has 0 radical (unpaired) electrons. The quantitative estimate of drug-likeness (QED) is 0.371. The molecule has 1 saturated heterocycles. The number of likely N-dealkylation sites (tertiary alicyclic amines) is 1. The van der Waals surface area contributed by atoms with Crippen molar-refractivity contribution in [2.24, 2.45) is 10.9 Å². The summed E-state index contributed by atoms with van der Waals surface area (Å²) in [6.45, 7) is 2.30. The maximum atomic E-state index is 14.4. The lowest BCUT2D eigenvalue weighted by Crippen LogP contribution is -2.48. The van der Waals surface area contributed by atoms with Gasteiger partial charge in [0.2, 0.25) is 5.91 Å². The van der Waals surface area contributed by atoms with Crippen LogP contribution in [0.1, 0.15) is 25.3 Å². The van der Waals surface area contributed by atoms with Gasteiger partial charge < -0.3 is 10.2 Å². The van der Waals surface area contributed by atoms with E-state index in [-0.39, 0.29) is 51.5 Å². The van der Waals surface area contributed by atoms with Crippen molar-refractivity contribution in [1.29, 1.82) is 0 Å². The number of sulfone groups is 1. The number of piperidine rings is 1. The van der Waals surface area contributed by atoms with Crippen molar-refractivity contribution in [2.45, 2.75) is 42.8 Å². The summed E-state index contributed by atoms with van der Waals surface area (Å²) in [5, 5.41) is 1.45. The summed E-state index contributed by atoms with van der Waals surface area (Å²) < 4.78 is 68.6. The van der Waals surface area contributed by atoms with Crippen LogP contribution in [0.15, 0.2) is 50.9 Å². The minimum Gasteiger partial charge on any atom is -0.355 e. The monoisotopic (exact) mass is 691 g/mol. The first-order chi connectivity index (χ1) is 21.0. The number of alkyl halides is 4. The van der Waals surface area contributed by atoms with Gasteiger partial charge in [0.15, 0.2) is 9.84 Å². The number of carbonyl (C=O) groups is 3. The van der Waals surface area contributed by atoms with E-state index in [1.807, 2.05) is 19.0 Å². The third-order valence-electron chi connectivity index (χ3n) is 7.88. The first-order valence-electron chi connectivity index (χ1n) is 14.3. The number of imide groups is 1. The summed E-state index contributed by atoms with van der Waals surface area (Å²) in [6.07, 6.45) is -3.09. The number of urea groups is 1. The largest absolute Gasteiger partial charge is 0.416 e. The van der Waals surface area contributed by atoms with Gasteiger partial charge in [-0.05, 0) is 68.9 Å². The zero-order valence-electron chi connectivity index (χ0n) is 25.0. The number of nitrogens with one attached hydrogen (secondary N) is 1. The van der Waals surface area contributed by atoms with E-state index in [1.165, 1.54) is 25.1 Å². The van der Waals surface area contributed by atoms with Crippen LogP contribution in [0, 0.1) is 5.92 Å². The number of likely N-dealkylation sites (N-methyl/N-ethyl adjacent to an activating group) is 1. The van der Waals surface area contributed by atoms with Gasteiger partial charge in [-0.25, -0.2) is 13.2 Å². The van der Waals surface area contributed by atoms with Crippen LogP contribution in [0.2, 0.25) is 5.02 Å². The molecule has 1 aliphatic carbocycles. The molecule has 1 N–H and O–H groups in total. The predicted octanol–water partition coefficient (Wildman–Crippen LogP) is 3.83. The molecule has 2 atom stereocenters. The maximum Gasteiger partial charge on any atom is 0.416 e. The standard InChI is InChI=1S/C29H34Cl2F3N5O5S/c1-4-45(43,44)23-8-7-19(30)12-18(23)15-39-27(41)20-13-22(29(32,33)34)21(24(31)25(20)36-28(39)42)16-38-10-5-6-17(14-38)26(40)35-9-11-37(2)3/h7-8,12-13,17,24H,4-6,9-11,14-16H2,1-3H3,(H,35,40)/t17-,24?/m1/s1. The second kappa shape index (κ2) is 13.9. The molecule has 16 heteroatoms. The summed E-state index contributed by atoms with van der Waals surface area (Å²) in [4.78, 5) is 47.3. The van der Waals surface area contributed by atoms with Crippen molar-refractivity contribution < 1.29 is 36.0 Å². The Kier molecular flexibility index (Phi) is 10.8. The number of amides is 4. The van der Waals surface area contributed by atoms with E-state index in [9.17, 15) is 36.0 Å². The Balaban J connectivity index is 1.63. The van der Waals surface area contributed by atoms with E-state index in [1.54, 1.807) is 4.90 Å². The number of carbonyl (C=O) groups excluding carboxylic acids is 3. The molecule has 246 valence electrons. The van der Waals surface area contributed by atoms with Gasteiger partial charge in [0.1, 0.15) is 0 Å². The molecule has 3 aliphatic rings. The Bertz CT molecular complexity index is 1580. The number of nitrogens with zero attached hydrogens (tertiary/aromatic N) is 4. The average Bonchev–Trinajstić information content (AvgIpc) is 2.96. The van der Waals surface area contributed by atoms with Gasteiger partial charge in [0, 0.05) is 31.2 Å². The second-order valence-electron chi connectivity index (χ2n) is 11.4. The molecule has 1 fully saturated rings. The van der Waals surface area contributed by atoms with Crippen LogP contribution in [-0.4, -0.2) is 111 Å². The molecule has 0 saturated carbocycles. The molecule has 45 heavy (non-hydrogen) atoms. The zero-order chi connectivity index (χ0) is 33.3. The number of hydrogen-bond donors (Lipinski definition) is 1. The molecule has 2 aliphatic heterocycles. The molecule has 4 rings (SSSR count). The van der Waals surface area contributed by atoms with Gasteiger partial charge in [-0.2, -0.15) is 18.2 Å². The lowest BCUT2D eigenvalue weighted by Gasteiger charge is -2.36.